The van der Waals surface area contributed by atoms with Gasteiger partial charge in [-0.15, -0.1) is 0 Å². The van der Waals surface area contributed by atoms with E-state index < -0.39 is 0 Å². The Hall–Kier alpha value is -0.698. The summed E-state index contributed by atoms with van der Waals surface area (Å²) in [6.07, 6.45) is 35.8. The molecule has 0 spiro atoms. The van der Waals surface area contributed by atoms with Crippen molar-refractivity contribution in [2.75, 3.05) is 0 Å². The average molecular weight is 771 g/mol. The minimum atomic E-state index is -0.135. The molecular formula is C42H60F2P2Pd. The number of benzene rings is 2. The van der Waals surface area contributed by atoms with Crippen LogP contribution in [-0.4, -0.2) is 22.6 Å². The minimum Gasteiger partial charge on any atom is -0.207 e. The topological polar surface area (TPSA) is 0 Å². The van der Waals surface area contributed by atoms with Crippen molar-refractivity contribution in [1.29, 1.82) is 0 Å². The van der Waals surface area contributed by atoms with Gasteiger partial charge in [0, 0.05) is 20.4 Å². The number of hydrogen-bond acceptors (Lipinski definition) is 0. The fraction of sp³-hybridized carbons (Fsp3) is 0.619. The first-order valence-electron chi connectivity index (χ1n) is 19.0. The zero-order valence-corrected chi connectivity index (χ0v) is 32.1. The summed E-state index contributed by atoms with van der Waals surface area (Å²) in [5, 5.41) is 0. The minimum absolute atomic E-state index is 0. The predicted molar refractivity (Wildman–Crippen MR) is 200 cm³/mol. The summed E-state index contributed by atoms with van der Waals surface area (Å²) >= 11 is 0. The largest absolute Gasteiger partial charge is 0.207 e. The maximum absolute atomic E-state index is 13.0. The second-order valence-corrected chi connectivity index (χ2v) is 19.8. The second-order valence-electron chi connectivity index (χ2n) is 14.5. The van der Waals surface area contributed by atoms with Crippen LogP contribution >= 0.6 is 15.8 Å². The summed E-state index contributed by atoms with van der Waals surface area (Å²) in [5.74, 6) is 4.93. The molecule has 4 saturated carbocycles. The molecule has 0 saturated heterocycles. The molecule has 0 N–H and O–H groups in total. The van der Waals surface area contributed by atoms with E-state index in [1.54, 1.807) is 24.3 Å². The van der Waals surface area contributed by atoms with Crippen molar-refractivity contribution in [3.05, 3.63) is 95.1 Å². The van der Waals surface area contributed by atoms with Crippen LogP contribution in [0.1, 0.15) is 140 Å². The van der Waals surface area contributed by atoms with Crippen LogP contribution in [0.3, 0.4) is 0 Å². The Morgan fingerprint density at radius 2 is 0.681 bits per heavy atom. The van der Waals surface area contributed by atoms with Crippen molar-refractivity contribution < 1.29 is 29.2 Å². The van der Waals surface area contributed by atoms with E-state index in [9.17, 15) is 8.78 Å². The van der Waals surface area contributed by atoms with Gasteiger partial charge in [-0.2, -0.15) is 0 Å². The van der Waals surface area contributed by atoms with Crippen LogP contribution in [-0.2, 0) is 33.3 Å². The van der Waals surface area contributed by atoms with Crippen LogP contribution in [0.25, 0.3) is 0 Å². The van der Waals surface area contributed by atoms with Gasteiger partial charge in [0.2, 0.25) is 0 Å². The van der Waals surface area contributed by atoms with Gasteiger partial charge < -0.3 is 0 Å². The molecule has 0 amide bonds. The van der Waals surface area contributed by atoms with Gasteiger partial charge >= 0.3 is 0 Å². The van der Waals surface area contributed by atoms with E-state index in [1.165, 1.54) is 140 Å². The summed E-state index contributed by atoms with van der Waals surface area (Å²) in [7, 11) is 0.0918. The predicted octanol–water partition coefficient (Wildman–Crippen LogP) is 14.1. The zero-order chi connectivity index (χ0) is 31.8. The molecule has 4 aliphatic carbocycles. The fourth-order valence-electron chi connectivity index (χ4n) is 8.46. The maximum Gasteiger partial charge on any atom is 0.123 e. The quantitative estimate of drug-likeness (QED) is 0.167. The molecule has 4 fully saturated rings. The van der Waals surface area contributed by atoms with Crippen LogP contribution in [0.15, 0.2) is 72.3 Å². The van der Waals surface area contributed by atoms with Crippen LogP contribution in [0.4, 0.5) is 8.78 Å². The Kier molecular flexibility index (Phi) is 18.5. The van der Waals surface area contributed by atoms with Gasteiger partial charge in [0.15, 0.2) is 0 Å². The maximum atomic E-state index is 13.0. The molecule has 4 aliphatic rings. The molecule has 0 nitrogen and oxygen atoms in total. The number of allylic oxidation sites excluding steroid dienone is 2. The van der Waals surface area contributed by atoms with E-state index >= 15 is 0 Å². The van der Waals surface area contributed by atoms with Crippen LogP contribution in [0, 0.1) is 11.6 Å². The van der Waals surface area contributed by atoms with Gasteiger partial charge in [0.05, 0.1) is 0 Å². The van der Waals surface area contributed by atoms with E-state index in [-0.39, 0.29) is 47.9 Å². The summed E-state index contributed by atoms with van der Waals surface area (Å²) < 4.78 is 26.0. The molecule has 2 aromatic rings. The van der Waals surface area contributed by atoms with Gasteiger partial charge in [0.25, 0.3) is 0 Å². The fourth-order valence-corrected chi connectivity index (χ4v) is 15.2. The third-order valence-corrected chi connectivity index (χ3v) is 17.6. The van der Waals surface area contributed by atoms with Crippen LogP contribution < -0.4 is 0 Å². The van der Waals surface area contributed by atoms with Gasteiger partial charge in [-0.3, -0.25) is 0 Å². The van der Waals surface area contributed by atoms with E-state index in [1.807, 2.05) is 24.3 Å². The van der Waals surface area contributed by atoms with E-state index in [0.29, 0.717) is 0 Å². The molecule has 47 heavy (non-hydrogen) atoms. The van der Waals surface area contributed by atoms with Crippen molar-refractivity contribution in [3.8, 4) is 0 Å². The Morgan fingerprint density at radius 1 is 0.426 bits per heavy atom. The number of hydrogen-bond donors (Lipinski definition) is 0. The Morgan fingerprint density at radius 3 is 0.936 bits per heavy atom. The normalized spacial score (nSPS) is 20.9. The van der Waals surface area contributed by atoms with Crippen molar-refractivity contribution in [1.82, 2.24) is 0 Å². The van der Waals surface area contributed by atoms with E-state index in [2.05, 4.69) is 23.8 Å². The van der Waals surface area contributed by atoms with Crippen molar-refractivity contribution in [2.45, 2.75) is 164 Å². The van der Waals surface area contributed by atoms with Gasteiger partial charge in [0.1, 0.15) is 11.6 Å². The van der Waals surface area contributed by atoms with Gasteiger partial charge in [-0.25, -0.2) is 8.78 Å². The first-order chi connectivity index (χ1) is 22.7. The number of rotatable bonds is 10. The second kappa shape index (κ2) is 22.2. The summed E-state index contributed by atoms with van der Waals surface area (Å²) in [4.78, 5) is 0. The van der Waals surface area contributed by atoms with E-state index in [4.69, 9.17) is 0 Å². The smallest absolute Gasteiger partial charge is 0.123 e. The van der Waals surface area contributed by atoms with Crippen LogP contribution in [0.2, 0.25) is 0 Å². The van der Waals surface area contributed by atoms with Gasteiger partial charge in [-0.1, -0.05) is 141 Å². The molecule has 0 atom stereocenters. The number of halogens is 2. The summed E-state index contributed by atoms with van der Waals surface area (Å²) in [5.41, 5.74) is 6.37. The molecule has 0 heterocycles. The SMILES string of the molecule is Fc1ccc(CC=CP(C2CCCCC2)C2CCCCC2)cc1.Fc1ccc(CC=CP(C2CCCCC2)C2CCCCC2)cc1.[Pd]. The monoisotopic (exact) mass is 770 g/mol. The molecule has 5 heteroatoms. The van der Waals surface area contributed by atoms with Crippen LogP contribution in [0.5, 0.6) is 0 Å². The molecular weight excluding hydrogens is 711 g/mol. The Balaban J connectivity index is 0.000000208. The van der Waals surface area contributed by atoms with Gasteiger partial charge in [-0.05, 0) is 122 Å². The molecule has 262 valence electrons. The Bertz CT molecular complexity index is 1030. The molecule has 6 rings (SSSR count). The van der Waals surface area contributed by atoms with E-state index in [0.717, 1.165) is 35.5 Å². The average Bonchev–Trinajstić information content (AvgIpc) is 3.12. The first kappa shape index (κ1) is 39.1. The standard InChI is InChI=1S/2C21H30FP.Pd/c2*22-19-15-13-18(14-16-19)8-7-17-23(20-9-3-1-4-10-20)21-11-5-2-6-12-21;/h2*7,13-17,20-21H,1-6,8-12H2;. The molecule has 0 unspecified atom stereocenters. The molecule has 0 aromatic heterocycles. The molecule has 0 aliphatic heterocycles. The van der Waals surface area contributed by atoms with Crippen molar-refractivity contribution >= 4 is 15.8 Å². The summed E-state index contributed by atoms with van der Waals surface area (Å²) in [6.45, 7) is 0. The first-order valence-corrected chi connectivity index (χ1v) is 22.1. The molecule has 0 bridgehead atoms. The molecule has 2 aromatic carbocycles. The third-order valence-electron chi connectivity index (χ3n) is 11.1. The van der Waals surface area contributed by atoms with Crippen molar-refractivity contribution in [2.24, 2.45) is 0 Å². The third kappa shape index (κ3) is 13.5. The zero-order valence-electron chi connectivity index (χ0n) is 28.8. The summed E-state index contributed by atoms with van der Waals surface area (Å²) in [6, 6.07) is 14.0. The molecule has 0 radical (unpaired) electrons. The Labute approximate surface area is 302 Å². The van der Waals surface area contributed by atoms with Crippen molar-refractivity contribution in [3.63, 3.8) is 0 Å².